The molecule has 0 radical (unpaired) electrons. The van der Waals surface area contributed by atoms with Crippen molar-refractivity contribution in [3.05, 3.63) is 0 Å². The number of carbonyl (C=O) groups is 2. The summed E-state index contributed by atoms with van der Waals surface area (Å²) >= 11 is 0. The molecular weight excluding hydrogens is 290 g/mol. The van der Waals surface area contributed by atoms with Gasteiger partial charge in [-0.3, -0.25) is 4.90 Å². The highest BCUT2D eigenvalue weighted by molar-refractivity contribution is 5.88. The van der Waals surface area contributed by atoms with Crippen LogP contribution >= 0.6 is 0 Å². The van der Waals surface area contributed by atoms with Crippen molar-refractivity contribution in [2.24, 2.45) is 21.9 Å². The molecule has 1 saturated heterocycles. The number of hydrazone groups is 2. The average molecular weight is 313 g/mol. The first-order valence-corrected chi connectivity index (χ1v) is 6.80. The maximum absolute atomic E-state index is 12.2. The molecule has 3 N–H and O–H groups in total. The quantitative estimate of drug-likeness (QED) is 0.333. The van der Waals surface area contributed by atoms with Gasteiger partial charge >= 0.3 is 12.1 Å². The fourth-order valence-electron chi connectivity index (χ4n) is 2.12. The summed E-state index contributed by atoms with van der Waals surface area (Å²) in [6.07, 6.45) is -0.284. The standard InChI is InChI=1S/C13H23N5O4/c1-13(2,3)22-12(20)18-7-8(10(14)16-17-15-4)6-9(18)11(19)21-5/h8-9,17H,4,6-7H2,1-3,5H3,(H2,14,16)/t8-,9+/m1/s1. The highest BCUT2D eigenvalue weighted by Gasteiger charge is 2.43. The van der Waals surface area contributed by atoms with Gasteiger partial charge in [-0.1, -0.05) is 0 Å². The molecule has 1 fully saturated rings. The molecule has 124 valence electrons. The predicted molar refractivity (Wildman–Crippen MR) is 81.2 cm³/mol. The molecular formula is C13H23N5O4. The lowest BCUT2D eigenvalue weighted by Gasteiger charge is -2.27. The minimum absolute atomic E-state index is 0.211. The number of methoxy groups -OCH3 is 1. The van der Waals surface area contributed by atoms with Crippen LogP contribution < -0.4 is 11.3 Å². The molecule has 9 heteroatoms. The van der Waals surface area contributed by atoms with Crippen molar-refractivity contribution < 1.29 is 19.1 Å². The van der Waals surface area contributed by atoms with Crippen LogP contribution in [0.5, 0.6) is 0 Å². The van der Waals surface area contributed by atoms with Crippen LogP contribution in [0.25, 0.3) is 0 Å². The number of likely N-dealkylation sites (tertiary alicyclic amines) is 1. The third-order valence-electron chi connectivity index (χ3n) is 3.07. The topological polar surface area (TPSA) is 119 Å². The molecule has 0 spiro atoms. The summed E-state index contributed by atoms with van der Waals surface area (Å²) in [6.45, 7) is 8.68. The molecule has 1 rings (SSSR count). The van der Waals surface area contributed by atoms with E-state index < -0.39 is 23.7 Å². The maximum Gasteiger partial charge on any atom is 0.411 e. The third-order valence-corrected chi connectivity index (χ3v) is 3.07. The Morgan fingerprint density at radius 3 is 2.55 bits per heavy atom. The van der Waals surface area contributed by atoms with E-state index in [2.05, 4.69) is 22.5 Å². The average Bonchev–Trinajstić information content (AvgIpc) is 2.87. The number of ether oxygens (including phenoxy) is 2. The van der Waals surface area contributed by atoms with Crippen LogP contribution in [0.4, 0.5) is 4.79 Å². The Hall–Kier alpha value is -2.32. The number of esters is 1. The fraction of sp³-hybridized carbons (Fsp3) is 0.692. The molecule has 1 heterocycles. The summed E-state index contributed by atoms with van der Waals surface area (Å²) in [4.78, 5) is 25.4. The molecule has 0 aromatic carbocycles. The summed E-state index contributed by atoms with van der Waals surface area (Å²) in [5, 5.41) is 7.15. The lowest BCUT2D eigenvalue weighted by Crippen LogP contribution is -2.44. The van der Waals surface area contributed by atoms with Gasteiger partial charge in [0, 0.05) is 19.2 Å². The van der Waals surface area contributed by atoms with Crippen molar-refractivity contribution in [2.45, 2.75) is 38.8 Å². The van der Waals surface area contributed by atoms with E-state index in [0.29, 0.717) is 6.42 Å². The van der Waals surface area contributed by atoms with Crippen LogP contribution in [0, 0.1) is 5.92 Å². The number of nitrogens with one attached hydrogen (secondary N) is 1. The zero-order valence-corrected chi connectivity index (χ0v) is 13.3. The molecule has 9 nitrogen and oxygen atoms in total. The van der Waals surface area contributed by atoms with E-state index in [-0.39, 0.29) is 18.3 Å². The van der Waals surface area contributed by atoms with Gasteiger partial charge < -0.3 is 15.2 Å². The van der Waals surface area contributed by atoms with Gasteiger partial charge in [-0.2, -0.15) is 10.6 Å². The van der Waals surface area contributed by atoms with Crippen LogP contribution in [0.15, 0.2) is 10.2 Å². The Bertz CT molecular complexity index is 472. The van der Waals surface area contributed by atoms with Gasteiger partial charge in [0.25, 0.3) is 0 Å². The number of amides is 1. The Morgan fingerprint density at radius 1 is 1.41 bits per heavy atom. The lowest BCUT2D eigenvalue weighted by atomic mass is 10.1. The van der Waals surface area contributed by atoms with Gasteiger partial charge in [0.1, 0.15) is 17.5 Å². The van der Waals surface area contributed by atoms with E-state index in [1.165, 1.54) is 12.0 Å². The summed E-state index contributed by atoms with van der Waals surface area (Å²) < 4.78 is 10.1. The molecule has 1 aliphatic rings. The van der Waals surface area contributed by atoms with Crippen LogP contribution in [0.3, 0.4) is 0 Å². The molecule has 0 aromatic heterocycles. The maximum atomic E-state index is 12.2. The van der Waals surface area contributed by atoms with Crippen molar-refractivity contribution in [3.63, 3.8) is 0 Å². The zero-order valence-electron chi connectivity index (χ0n) is 13.3. The van der Waals surface area contributed by atoms with Crippen molar-refractivity contribution in [1.29, 1.82) is 0 Å². The van der Waals surface area contributed by atoms with Gasteiger partial charge in [-0.05, 0) is 27.2 Å². The smallest absolute Gasteiger partial charge is 0.411 e. The van der Waals surface area contributed by atoms with Gasteiger partial charge in [-0.25, -0.2) is 9.59 Å². The molecule has 0 saturated carbocycles. The largest absolute Gasteiger partial charge is 0.467 e. The summed E-state index contributed by atoms with van der Waals surface area (Å²) in [6, 6.07) is -0.754. The van der Waals surface area contributed by atoms with E-state index in [9.17, 15) is 9.59 Å². The molecule has 1 aliphatic heterocycles. The number of carbonyl (C=O) groups excluding carboxylic acids is 2. The minimum Gasteiger partial charge on any atom is -0.467 e. The lowest BCUT2D eigenvalue weighted by molar-refractivity contribution is -0.145. The van der Waals surface area contributed by atoms with E-state index in [0.717, 1.165) is 0 Å². The molecule has 22 heavy (non-hydrogen) atoms. The Morgan fingerprint density at radius 2 is 2.05 bits per heavy atom. The number of nitrogens with zero attached hydrogens (tertiary/aromatic N) is 3. The molecule has 0 unspecified atom stereocenters. The SMILES string of the molecule is C=NN/N=C(\N)[C@@H]1C[C@@H](C(=O)OC)N(C(=O)OC(C)(C)C)C1. The van der Waals surface area contributed by atoms with Gasteiger partial charge in [0.15, 0.2) is 0 Å². The highest BCUT2D eigenvalue weighted by Crippen LogP contribution is 2.26. The molecule has 1 amide bonds. The minimum atomic E-state index is -0.754. The molecule has 0 bridgehead atoms. The van der Waals surface area contributed by atoms with Gasteiger partial charge in [0.2, 0.25) is 0 Å². The van der Waals surface area contributed by atoms with E-state index >= 15 is 0 Å². The molecule has 0 aromatic rings. The summed E-state index contributed by atoms with van der Waals surface area (Å²) in [5.41, 5.74) is 7.46. The van der Waals surface area contributed by atoms with E-state index in [1.54, 1.807) is 20.8 Å². The number of rotatable bonds is 4. The van der Waals surface area contributed by atoms with Crippen molar-refractivity contribution in [2.75, 3.05) is 13.7 Å². The summed E-state index contributed by atoms with van der Waals surface area (Å²) in [7, 11) is 1.27. The highest BCUT2D eigenvalue weighted by atomic mass is 16.6. The predicted octanol–water partition coefficient (Wildman–Crippen LogP) is 0.262. The first-order valence-electron chi connectivity index (χ1n) is 6.80. The second-order valence-corrected chi connectivity index (χ2v) is 5.90. The van der Waals surface area contributed by atoms with Gasteiger partial charge in [-0.15, -0.1) is 5.10 Å². The second-order valence-electron chi connectivity index (χ2n) is 5.90. The Labute approximate surface area is 129 Å². The fourth-order valence-corrected chi connectivity index (χ4v) is 2.12. The van der Waals surface area contributed by atoms with Gasteiger partial charge in [0.05, 0.1) is 7.11 Å². The monoisotopic (exact) mass is 313 g/mol. The number of hydrogen-bond acceptors (Lipinski definition) is 7. The first-order chi connectivity index (χ1) is 10.2. The van der Waals surface area contributed by atoms with E-state index in [4.69, 9.17) is 15.2 Å². The van der Waals surface area contributed by atoms with Crippen molar-refractivity contribution in [1.82, 2.24) is 10.4 Å². The zero-order chi connectivity index (χ0) is 16.9. The summed E-state index contributed by atoms with van der Waals surface area (Å²) in [5.74, 6) is -0.589. The third kappa shape index (κ3) is 4.61. The number of hydrogen-bond donors (Lipinski definition) is 2. The van der Waals surface area contributed by atoms with E-state index in [1.807, 2.05) is 0 Å². The molecule has 0 aliphatic carbocycles. The second kappa shape index (κ2) is 7.10. The Kier molecular flexibility index (Phi) is 5.72. The Balaban J connectivity index is 2.90. The van der Waals surface area contributed by atoms with Crippen LogP contribution in [-0.2, 0) is 14.3 Å². The number of nitrogens with two attached hydrogens (primary N) is 1. The molecule has 2 atom stereocenters. The first kappa shape index (κ1) is 17.7. The normalized spacial score (nSPS) is 22.2. The number of amidine groups is 1. The van der Waals surface area contributed by atoms with Crippen molar-refractivity contribution in [3.8, 4) is 0 Å². The van der Waals surface area contributed by atoms with Crippen LogP contribution in [0.1, 0.15) is 27.2 Å². The van der Waals surface area contributed by atoms with Crippen LogP contribution in [0.2, 0.25) is 0 Å². The van der Waals surface area contributed by atoms with Crippen LogP contribution in [-0.4, -0.2) is 54.8 Å². The van der Waals surface area contributed by atoms with Crippen molar-refractivity contribution >= 4 is 24.6 Å².